The highest BCUT2D eigenvalue weighted by Crippen LogP contribution is 2.32. The Morgan fingerprint density at radius 1 is 1.21 bits per heavy atom. The minimum atomic E-state index is -0.924. The monoisotopic (exact) mass is 269 g/mol. The summed E-state index contributed by atoms with van der Waals surface area (Å²) < 4.78 is 26.3. The number of rotatable bonds is 3. The Balaban J connectivity index is 2.02. The second kappa shape index (κ2) is 5.34. The molecule has 1 saturated carbocycles. The molecule has 4 nitrogen and oxygen atoms in total. The summed E-state index contributed by atoms with van der Waals surface area (Å²) in [6, 6.07) is 2.79. The van der Waals surface area contributed by atoms with E-state index >= 15 is 0 Å². The van der Waals surface area contributed by atoms with Gasteiger partial charge in [0.2, 0.25) is 5.91 Å². The van der Waals surface area contributed by atoms with Gasteiger partial charge in [-0.05, 0) is 31.4 Å². The first kappa shape index (κ1) is 13.5. The van der Waals surface area contributed by atoms with Gasteiger partial charge >= 0.3 is 5.97 Å². The second-order valence-electron chi connectivity index (χ2n) is 4.66. The quantitative estimate of drug-likeness (QED) is 0.885. The third-order valence-corrected chi connectivity index (χ3v) is 3.34. The molecule has 6 heteroatoms. The number of hydrogen-bond acceptors (Lipinski definition) is 2. The number of carboxylic acid groups (broad SMARTS) is 1. The van der Waals surface area contributed by atoms with Gasteiger partial charge in [-0.25, -0.2) is 8.78 Å². The molecule has 2 atom stereocenters. The van der Waals surface area contributed by atoms with Crippen LogP contribution >= 0.6 is 0 Å². The predicted molar refractivity (Wildman–Crippen MR) is 63.5 cm³/mol. The van der Waals surface area contributed by atoms with Crippen LogP contribution in [0.25, 0.3) is 0 Å². The van der Waals surface area contributed by atoms with Gasteiger partial charge < -0.3 is 10.4 Å². The van der Waals surface area contributed by atoms with E-state index in [0.717, 1.165) is 18.2 Å². The summed E-state index contributed by atoms with van der Waals surface area (Å²) in [5, 5.41) is 11.1. The van der Waals surface area contributed by atoms with Crippen LogP contribution in [0.3, 0.4) is 0 Å². The first-order valence-corrected chi connectivity index (χ1v) is 5.96. The van der Waals surface area contributed by atoms with Gasteiger partial charge in [0.25, 0.3) is 0 Å². The Labute approximate surface area is 108 Å². The summed E-state index contributed by atoms with van der Waals surface area (Å²) in [6.45, 7) is 0. The lowest BCUT2D eigenvalue weighted by Gasteiger charge is -2.11. The zero-order chi connectivity index (χ0) is 14.0. The summed E-state index contributed by atoms with van der Waals surface area (Å²) in [5.41, 5.74) is -0.219. The normalized spacial score (nSPS) is 22.2. The Morgan fingerprint density at radius 3 is 2.53 bits per heavy atom. The maximum absolute atomic E-state index is 13.3. The number of anilines is 1. The number of amides is 1. The molecule has 1 aromatic carbocycles. The maximum atomic E-state index is 13.3. The van der Waals surface area contributed by atoms with Crippen molar-refractivity contribution >= 4 is 17.6 Å². The van der Waals surface area contributed by atoms with Crippen molar-refractivity contribution in [1.29, 1.82) is 0 Å². The molecule has 19 heavy (non-hydrogen) atoms. The minimum Gasteiger partial charge on any atom is -0.481 e. The molecule has 0 unspecified atom stereocenters. The summed E-state index contributed by atoms with van der Waals surface area (Å²) in [4.78, 5) is 22.6. The van der Waals surface area contributed by atoms with Crippen molar-refractivity contribution < 1.29 is 23.5 Å². The van der Waals surface area contributed by atoms with Crippen LogP contribution in [0, 0.1) is 23.5 Å². The van der Waals surface area contributed by atoms with Gasteiger partial charge in [0.15, 0.2) is 0 Å². The molecule has 0 saturated heterocycles. The molecule has 0 radical (unpaired) electrons. The summed E-state index contributed by atoms with van der Waals surface area (Å²) in [6.07, 6.45) is 1.11. The molecule has 2 rings (SSSR count). The Bertz CT molecular complexity index is 519. The molecule has 0 aliphatic heterocycles. The average Bonchev–Trinajstić information content (AvgIpc) is 2.83. The number of carboxylic acids is 1. The van der Waals surface area contributed by atoms with Crippen molar-refractivity contribution in [3.63, 3.8) is 0 Å². The summed E-state index contributed by atoms with van der Waals surface area (Å²) in [7, 11) is 0. The molecule has 2 N–H and O–H groups in total. The molecule has 1 aliphatic rings. The van der Waals surface area contributed by atoms with Crippen LogP contribution in [0.2, 0.25) is 0 Å². The zero-order valence-electron chi connectivity index (χ0n) is 10.0. The molecule has 0 aromatic heterocycles. The number of nitrogens with one attached hydrogen (secondary N) is 1. The Hall–Kier alpha value is -1.98. The van der Waals surface area contributed by atoms with E-state index in [1.165, 1.54) is 0 Å². The highest BCUT2D eigenvalue weighted by Gasteiger charge is 2.34. The van der Waals surface area contributed by atoms with Crippen LogP contribution in [-0.2, 0) is 9.59 Å². The van der Waals surface area contributed by atoms with Crippen LogP contribution < -0.4 is 5.32 Å². The van der Waals surface area contributed by atoms with Gasteiger partial charge in [0.1, 0.15) is 11.6 Å². The average molecular weight is 269 g/mol. The van der Waals surface area contributed by atoms with Gasteiger partial charge in [-0.2, -0.15) is 0 Å². The molecule has 0 spiro atoms. The molecule has 1 aromatic rings. The lowest BCUT2D eigenvalue weighted by atomic mass is 10.0. The molecule has 0 bridgehead atoms. The number of benzene rings is 1. The van der Waals surface area contributed by atoms with Gasteiger partial charge in [-0.1, -0.05) is 0 Å². The molecule has 1 aliphatic carbocycles. The molecule has 1 amide bonds. The van der Waals surface area contributed by atoms with Crippen LogP contribution in [0.5, 0.6) is 0 Å². The van der Waals surface area contributed by atoms with Crippen LogP contribution in [0.4, 0.5) is 14.5 Å². The second-order valence-corrected chi connectivity index (χ2v) is 4.66. The smallest absolute Gasteiger partial charge is 0.306 e. The van der Waals surface area contributed by atoms with E-state index in [1.54, 1.807) is 0 Å². The fraction of sp³-hybridized carbons (Fsp3) is 0.385. The lowest BCUT2D eigenvalue weighted by molar-refractivity contribution is -0.141. The highest BCUT2D eigenvalue weighted by atomic mass is 19.1. The van der Waals surface area contributed by atoms with Gasteiger partial charge in [-0.15, -0.1) is 0 Å². The van der Waals surface area contributed by atoms with Crippen molar-refractivity contribution in [3.05, 3.63) is 29.8 Å². The fourth-order valence-electron chi connectivity index (χ4n) is 2.27. The molecular formula is C13H13F2NO3. The molecule has 1 fully saturated rings. The number of carbonyl (C=O) groups is 2. The molecule has 102 valence electrons. The summed E-state index contributed by atoms with van der Waals surface area (Å²) >= 11 is 0. The SMILES string of the molecule is O=C(O)[C@H]1CC[C@@H](C(=O)Nc2cc(F)ccc2F)C1. The van der Waals surface area contributed by atoms with Gasteiger partial charge in [0.05, 0.1) is 11.6 Å². The molecular weight excluding hydrogens is 256 g/mol. The topological polar surface area (TPSA) is 66.4 Å². The van der Waals surface area contributed by atoms with Crippen LogP contribution in [0.15, 0.2) is 18.2 Å². The van der Waals surface area contributed by atoms with E-state index in [9.17, 15) is 18.4 Å². The van der Waals surface area contributed by atoms with Crippen molar-refractivity contribution in [3.8, 4) is 0 Å². The van der Waals surface area contributed by atoms with Crippen LogP contribution in [0.1, 0.15) is 19.3 Å². The first-order chi connectivity index (χ1) is 8.97. The van der Waals surface area contributed by atoms with Crippen molar-refractivity contribution in [2.45, 2.75) is 19.3 Å². The standard InChI is InChI=1S/C13H13F2NO3/c14-9-3-4-10(15)11(6-9)16-12(17)7-1-2-8(5-7)13(18)19/h3-4,6-8H,1-2,5H2,(H,16,17)(H,18,19)/t7-,8+/m1/s1. The molecule has 0 heterocycles. The van der Waals surface area contributed by atoms with E-state index < -0.39 is 35.3 Å². The largest absolute Gasteiger partial charge is 0.481 e. The highest BCUT2D eigenvalue weighted by molar-refractivity contribution is 5.93. The number of aliphatic carboxylic acids is 1. The number of hydrogen-bond donors (Lipinski definition) is 2. The Morgan fingerprint density at radius 2 is 1.89 bits per heavy atom. The minimum absolute atomic E-state index is 0.219. The first-order valence-electron chi connectivity index (χ1n) is 5.96. The number of carbonyl (C=O) groups excluding carboxylic acids is 1. The van der Waals surface area contributed by atoms with Crippen molar-refractivity contribution in [2.75, 3.05) is 5.32 Å². The van der Waals surface area contributed by atoms with E-state index in [-0.39, 0.29) is 12.1 Å². The van der Waals surface area contributed by atoms with Crippen LogP contribution in [-0.4, -0.2) is 17.0 Å². The fourth-order valence-corrected chi connectivity index (χ4v) is 2.27. The van der Waals surface area contributed by atoms with Gasteiger partial charge in [-0.3, -0.25) is 9.59 Å². The maximum Gasteiger partial charge on any atom is 0.306 e. The van der Waals surface area contributed by atoms with E-state index in [1.807, 2.05) is 0 Å². The third kappa shape index (κ3) is 3.07. The predicted octanol–water partition coefficient (Wildman–Crippen LogP) is 2.40. The lowest BCUT2D eigenvalue weighted by Crippen LogP contribution is -2.22. The van der Waals surface area contributed by atoms with E-state index in [0.29, 0.717) is 12.8 Å². The zero-order valence-corrected chi connectivity index (χ0v) is 10.0. The van der Waals surface area contributed by atoms with E-state index in [2.05, 4.69) is 5.32 Å². The summed E-state index contributed by atoms with van der Waals surface area (Å²) in [5.74, 6) is -3.76. The van der Waals surface area contributed by atoms with Crippen molar-refractivity contribution in [2.24, 2.45) is 11.8 Å². The van der Waals surface area contributed by atoms with Crippen molar-refractivity contribution in [1.82, 2.24) is 0 Å². The Kier molecular flexibility index (Phi) is 3.78. The third-order valence-electron chi connectivity index (χ3n) is 3.34. The number of halogens is 2. The van der Waals surface area contributed by atoms with E-state index in [4.69, 9.17) is 5.11 Å². The van der Waals surface area contributed by atoms with Gasteiger partial charge in [0, 0.05) is 12.0 Å².